The number of nitrogens with two attached hydrogens (primary N) is 1. The van der Waals surface area contributed by atoms with Crippen LogP contribution in [0.5, 0.6) is 0 Å². The van der Waals surface area contributed by atoms with Crippen LogP contribution in [0.4, 0.5) is 5.69 Å². The predicted octanol–water partition coefficient (Wildman–Crippen LogP) is 2.10. The molecule has 3 aliphatic rings. The van der Waals surface area contributed by atoms with E-state index in [4.69, 9.17) is 15.5 Å². The maximum absolute atomic E-state index is 12.8. The van der Waals surface area contributed by atoms with Crippen LogP contribution in [0.25, 0.3) is 16.8 Å². The van der Waals surface area contributed by atoms with Crippen molar-refractivity contribution in [1.29, 1.82) is 0 Å². The number of ether oxygens (including phenoxy) is 1. The minimum absolute atomic E-state index is 0.114. The molecule has 3 aromatic heterocycles. The predicted molar refractivity (Wildman–Crippen MR) is 154 cm³/mol. The third-order valence-corrected chi connectivity index (χ3v) is 9.41. The fourth-order valence-electron chi connectivity index (χ4n) is 6.58. The first-order valence-electron chi connectivity index (χ1n) is 14.5. The third kappa shape index (κ3) is 4.98. The molecule has 10 nitrogen and oxygen atoms in total. The second-order valence-electron chi connectivity index (χ2n) is 11.7. The Labute approximate surface area is 235 Å². The van der Waals surface area contributed by atoms with Crippen molar-refractivity contribution in [3.63, 3.8) is 0 Å². The summed E-state index contributed by atoms with van der Waals surface area (Å²) in [4.78, 5) is 24.3. The Morgan fingerprint density at radius 2 is 1.90 bits per heavy atom. The number of nitrogens with zero attached hydrogens (tertiary/aromatic N) is 6. The van der Waals surface area contributed by atoms with Crippen LogP contribution in [-0.2, 0) is 15.1 Å². The van der Waals surface area contributed by atoms with Crippen molar-refractivity contribution < 1.29 is 14.6 Å². The highest BCUT2D eigenvalue weighted by atomic mass is 16.5. The number of carbonyl (C=O) groups is 1. The van der Waals surface area contributed by atoms with Gasteiger partial charge in [-0.25, -0.2) is 4.52 Å². The molecule has 1 saturated carbocycles. The lowest BCUT2D eigenvalue weighted by atomic mass is 9.80. The van der Waals surface area contributed by atoms with Crippen LogP contribution in [0.2, 0.25) is 0 Å². The van der Waals surface area contributed by atoms with Gasteiger partial charge in [0.2, 0.25) is 5.91 Å². The molecule has 3 fully saturated rings. The van der Waals surface area contributed by atoms with E-state index in [9.17, 15) is 9.90 Å². The van der Waals surface area contributed by atoms with Gasteiger partial charge in [0, 0.05) is 94.1 Å². The number of aromatic nitrogens is 3. The minimum Gasteiger partial charge on any atom is -0.395 e. The molecule has 5 heterocycles. The van der Waals surface area contributed by atoms with E-state index in [1.165, 1.54) is 0 Å². The van der Waals surface area contributed by atoms with Crippen molar-refractivity contribution in [3.8, 4) is 11.3 Å². The van der Waals surface area contributed by atoms with Gasteiger partial charge < -0.3 is 25.4 Å². The van der Waals surface area contributed by atoms with Crippen LogP contribution in [0.15, 0.2) is 42.9 Å². The lowest BCUT2D eigenvalue weighted by molar-refractivity contribution is -0.139. The number of piperidine rings is 1. The van der Waals surface area contributed by atoms with Gasteiger partial charge in [-0.3, -0.25) is 14.7 Å². The van der Waals surface area contributed by atoms with Crippen molar-refractivity contribution in [3.05, 3.63) is 48.4 Å². The van der Waals surface area contributed by atoms with E-state index < -0.39 is 0 Å². The highest BCUT2D eigenvalue weighted by Gasteiger charge is 2.38. The third-order valence-electron chi connectivity index (χ3n) is 9.41. The quantitative estimate of drug-likeness (QED) is 0.463. The molecule has 2 saturated heterocycles. The zero-order valence-corrected chi connectivity index (χ0v) is 23.6. The first-order chi connectivity index (χ1) is 19.4. The van der Waals surface area contributed by atoms with Crippen LogP contribution < -0.4 is 10.6 Å². The Kier molecular flexibility index (Phi) is 7.52. The van der Waals surface area contributed by atoms with E-state index in [0.29, 0.717) is 0 Å². The Bertz CT molecular complexity index is 1320. The van der Waals surface area contributed by atoms with E-state index in [-0.39, 0.29) is 36.1 Å². The van der Waals surface area contributed by atoms with E-state index in [2.05, 4.69) is 46.1 Å². The molecule has 6 rings (SSSR count). The number of fused-ring (bicyclic) bond motifs is 1. The zero-order chi connectivity index (χ0) is 27.9. The molecule has 1 amide bonds. The van der Waals surface area contributed by atoms with Crippen LogP contribution in [0.1, 0.15) is 38.2 Å². The van der Waals surface area contributed by atoms with E-state index in [1.54, 1.807) is 7.11 Å². The summed E-state index contributed by atoms with van der Waals surface area (Å²) >= 11 is 0. The average Bonchev–Trinajstić information content (AvgIpc) is 3.44. The van der Waals surface area contributed by atoms with Crippen LogP contribution in [0.3, 0.4) is 0 Å². The number of methoxy groups -OCH3 is 1. The number of carbonyl (C=O) groups excluding carboxylic acids is 1. The number of hydrogen-bond donors (Lipinski definition) is 2. The first-order valence-corrected chi connectivity index (χ1v) is 14.5. The minimum atomic E-state index is -0.356. The van der Waals surface area contributed by atoms with Crippen LogP contribution >= 0.6 is 0 Å². The van der Waals surface area contributed by atoms with Gasteiger partial charge in [0.25, 0.3) is 0 Å². The van der Waals surface area contributed by atoms with Gasteiger partial charge in [0.15, 0.2) is 0 Å². The lowest BCUT2D eigenvalue weighted by Crippen LogP contribution is -2.53. The monoisotopic (exact) mass is 547 g/mol. The topological polar surface area (TPSA) is 112 Å². The standard InChI is InChI=1S/C30H41N7O3/c1-21(20-38)34-9-6-30(40-2,7-10-34)24-3-4-26(32-18-24)23-17-28-27(5-8-33-37(28)19-23)35-11-13-36(14-12-35)29(39)22-15-25(31)16-22/h3-5,8,17-19,21-22,25,38H,6-7,9-16,20,31H2,1-2H3/t21-,22?,25?/m0/s1. The van der Waals surface area contributed by atoms with Gasteiger partial charge in [0.1, 0.15) is 0 Å². The molecular weight excluding hydrogens is 506 g/mol. The molecule has 10 heteroatoms. The second kappa shape index (κ2) is 11.1. The van der Waals surface area contributed by atoms with Crippen molar-refractivity contribution in [2.24, 2.45) is 11.7 Å². The number of amides is 1. The zero-order valence-electron chi connectivity index (χ0n) is 23.6. The SMILES string of the molecule is COC1(c2ccc(-c3cc4c(N5CCN(C(=O)C6CC(N)C6)CC5)ccnn4c3)nc2)CCN([C@@H](C)CO)CC1. The van der Waals surface area contributed by atoms with Crippen LogP contribution in [0, 0.1) is 5.92 Å². The number of anilines is 1. The molecule has 1 atom stereocenters. The summed E-state index contributed by atoms with van der Waals surface area (Å²) in [6, 6.07) is 8.78. The maximum atomic E-state index is 12.8. The van der Waals surface area contributed by atoms with Gasteiger partial charge in [-0.2, -0.15) is 5.10 Å². The summed E-state index contributed by atoms with van der Waals surface area (Å²) < 4.78 is 7.99. The van der Waals surface area contributed by atoms with Crippen LogP contribution in [-0.4, -0.2) is 100 Å². The number of likely N-dealkylation sites (tertiary alicyclic amines) is 1. The van der Waals surface area contributed by atoms with E-state index in [0.717, 1.165) is 93.0 Å². The number of hydrogen-bond acceptors (Lipinski definition) is 8. The first kappa shape index (κ1) is 27.1. The van der Waals surface area contributed by atoms with Gasteiger partial charge in [-0.05, 0) is 50.8 Å². The van der Waals surface area contributed by atoms with Crippen molar-refractivity contribution in [2.45, 2.75) is 50.3 Å². The highest BCUT2D eigenvalue weighted by molar-refractivity contribution is 5.81. The molecule has 3 aromatic rings. The number of rotatable bonds is 7. The van der Waals surface area contributed by atoms with Gasteiger partial charge in [0.05, 0.1) is 29.1 Å². The summed E-state index contributed by atoms with van der Waals surface area (Å²) in [6.07, 6.45) is 9.19. The molecule has 0 bridgehead atoms. The van der Waals surface area contributed by atoms with Crippen molar-refractivity contribution >= 4 is 17.1 Å². The smallest absolute Gasteiger partial charge is 0.225 e. The molecule has 0 radical (unpaired) electrons. The van der Waals surface area contributed by atoms with E-state index >= 15 is 0 Å². The Morgan fingerprint density at radius 3 is 2.52 bits per heavy atom. The summed E-state index contributed by atoms with van der Waals surface area (Å²) in [5, 5.41) is 14.1. The summed E-state index contributed by atoms with van der Waals surface area (Å²) in [5.41, 5.74) is 10.7. The average molecular weight is 548 g/mol. The highest BCUT2D eigenvalue weighted by Crippen LogP contribution is 2.37. The molecule has 214 valence electrons. The molecule has 0 spiro atoms. The molecule has 2 aliphatic heterocycles. The summed E-state index contributed by atoms with van der Waals surface area (Å²) in [6.45, 7) is 7.05. The fraction of sp³-hybridized carbons (Fsp3) is 0.567. The Morgan fingerprint density at radius 1 is 1.15 bits per heavy atom. The molecule has 40 heavy (non-hydrogen) atoms. The largest absolute Gasteiger partial charge is 0.395 e. The fourth-order valence-corrected chi connectivity index (χ4v) is 6.58. The van der Waals surface area contributed by atoms with Crippen molar-refractivity contribution in [1.82, 2.24) is 24.4 Å². The maximum Gasteiger partial charge on any atom is 0.225 e. The Hall–Kier alpha value is -3.05. The number of aliphatic hydroxyl groups excluding tert-OH is 1. The molecule has 0 aromatic carbocycles. The molecule has 1 aliphatic carbocycles. The van der Waals surface area contributed by atoms with Gasteiger partial charge >= 0.3 is 0 Å². The summed E-state index contributed by atoms with van der Waals surface area (Å²) in [5.74, 6) is 0.379. The molecule has 0 unspecified atom stereocenters. The lowest BCUT2D eigenvalue weighted by Gasteiger charge is -2.42. The normalized spacial score (nSPS) is 24.2. The van der Waals surface area contributed by atoms with Gasteiger partial charge in [-0.1, -0.05) is 6.07 Å². The Balaban J connectivity index is 1.16. The summed E-state index contributed by atoms with van der Waals surface area (Å²) in [7, 11) is 1.78. The number of piperazine rings is 1. The molecular formula is C30H41N7O3. The van der Waals surface area contributed by atoms with Gasteiger partial charge in [-0.15, -0.1) is 0 Å². The van der Waals surface area contributed by atoms with E-state index in [1.807, 2.05) is 28.0 Å². The molecule has 3 N–H and O–H groups in total. The number of aliphatic hydroxyl groups is 1. The van der Waals surface area contributed by atoms with Crippen molar-refractivity contribution in [2.75, 3.05) is 57.9 Å². The second-order valence-corrected chi connectivity index (χ2v) is 11.7. The number of pyridine rings is 1.